The lowest BCUT2D eigenvalue weighted by Crippen LogP contribution is -2.12. The summed E-state index contributed by atoms with van der Waals surface area (Å²) in [6, 6.07) is 14.3. The van der Waals surface area contributed by atoms with Gasteiger partial charge in [0, 0.05) is 40.8 Å². The number of aromatic nitrogens is 2. The zero-order valence-electron chi connectivity index (χ0n) is 14.7. The Balaban J connectivity index is 1.76. The molecule has 0 unspecified atom stereocenters. The summed E-state index contributed by atoms with van der Waals surface area (Å²) < 4.78 is 5.66. The van der Waals surface area contributed by atoms with Crippen LogP contribution in [0.25, 0.3) is 0 Å². The van der Waals surface area contributed by atoms with E-state index in [4.69, 9.17) is 4.74 Å². The average Bonchev–Trinajstić information content (AvgIpc) is 2.61. The van der Waals surface area contributed by atoms with Crippen molar-refractivity contribution in [1.82, 2.24) is 9.97 Å². The van der Waals surface area contributed by atoms with Gasteiger partial charge in [0.1, 0.15) is 5.75 Å². The van der Waals surface area contributed by atoms with E-state index in [1.165, 1.54) is 24.3 Å². The molecule has 8 nitrogen and oxygen atoms in total. The monoisotopic (exact) mass is 364 g/mol. The number of benzene rings is 2. The van der Waals surface area contributed by atoms with E-state index in [0.29, 0.717) is 11.4 Å². The van der Waals surface area contributed by atoms with E-state index in [0.717, 1.165) is 11.4 Å². The Morgan fingerprint density at radius 2 is 1.74 bits per heavy atom. The SMILES string of the molecule is Cc1cc(C)nc(Oc2cccc(NC(=O)c3cccc([N+](=O)[O-])c3)c2)n1. The first-order valence-electron chi connectivity index (χ1n) is 8.07. The number of carbonyl (C=O) groups is 1. The third-order valence-electron chi connectivity index (χ3n) is 3.58. The van der Waals surface area contributed by atoms with Gasteiger partial charge in [0.05, 0.1) is 4.92 Å². The highest BCUT2D eigenvalue weighted by Crippen LogP contribution is 2.23. The average molecular weight is 364 g/mol. The van der Waals surface area contributed by atoms with Crippen molar-refractivity contribution in [2.75, 3.05) is 5.32 Å². The topological polar surface area (TPSA) is 107 Å². The molecule has 1 N–H and O–H groups in total. The minimum Gasteiger partial charge on any atom is -0.424 e. The highest BCUT2D eigenvalue weighted by Gasteiger charge is 2.12. The standard InChI is InChI=1S/C19H16N4O4/c1-12-9-13(2)21-19(20-12)27-17-8-4-6-15(11-17)22-18(24)14-5-3-7-16(10-14)23(25)26/h3-11H,1-2H3,(H,22,24). The maximum Gasteiger partial charge on any atom is 0.322 e. The molecule has 8 heteroatoms. The molecule has 0 bridgehead atoms. The van der Waals surface area contributed by atoms with Crippen LogP contribution in [-0.4, -0.2) is 20.8 Å². The molecule has 0 aliphatic rings. The Kier molecular flexibility index (Phi) is 5.07. The van der Waals surface area contributed by atoms with E-state index in [1.54, 1.807) is 24.3 Å². The third-order valence-corrected chi connectivity index (χ3v) is 3.58. The van der Waals surface area contributed by atoms with Crippen LogP contribution in [0.4, 0.5) is 11.4 Å². The largest absolute Gasteiger partial charge is 0.424 e. The molecule has 0 radical (unpaired) electrons. The number of carbonyl (C=O) groups excluding carboxylic acids is 1. The molecule has 3 rings (SSSR count). The number of nitro groups is 1. The fourth-order valence-electron chi connectivity index (χ4n) is 2.45. The van der Waals surface area contributed by atoms with Crippen molar-refractivity contribution < 1.29 is 14.5 Å². The van der Waals surface area contributed by atoms with Crippen molar-refractivity contribution in [3.63, 3.8) is 0 Å². The van der Waals surface area contributed by atoms with E-state index in [1.807, 2.05) is 19.9 Å². The summed E-state index contributed by atoms with van der Waals surface area (Å²) in [4.78, 5) is 31.1. The van der Waals surface area contributed by atoms with Gasteiger partial charge in [-0.05, 0) is 38.1 Å². The zero-order chi connectivity index (χ0) is 19.4. The van der Waals surface area contributed by atoms with Crippen LogP contribution in [0.2, 0.25) is 0 Å². The third kappa shape index (κ3) is 4.63. The van der Waals surface area contributed by atoms with E-state index >= 15 is 0 Å². The number of hydrogen-bond acceptors (Lipinski definition) is 6. The minimum absolute atomic E-state index is 0.147. The van der Waals surface area contributed by atoms with Gasteiger partial charge in [0.25, 0.3) is 11.6 Å². The zero-order valence-corrected chi connectivity index (χ0v) is 14.7. The molecule has 1 aromatic heterocycles. The van der Waals surface area contributed by atoms with Crippen LogP contribution >= 0.6 is 0 Å². The first-order valence-corrected chi connectivity index (χ1v) is 8.07. The lowest BCUT2D eigenvalue weighted by Gasteiger charge is -2.09. The molecular formula is C19H16N4O4. The van der Waals surface area contributed by atoms with E-state index in [2.05, 4.69) is 15.3 Å². The normalized spacial score (nSPS) is 10.3. The Morgan fingerprint density at radius 3 is 2.44 bits per heavy atom. The smallest absolute Gasteiger partial charge is 0.322 e. The number of ether oxygens (including phenoxy) is 1. The second kappa shape index (κ2) is 7.61. The number of nitrogens with zero attached hydrogens (tertiary/aromatic N) is 3. The molecule has 3 aromatic rings. The Labute approximate surface area is 155 Å². The molecule has 1 amide bonds. The van der Waals surface area contributed by atoms with Crippen molar-refractivity contribution in [2.45, 2.75) is 13.8 Å². The second-order valence-corrected chi connectivity index (χ2v) is 5.82. The molecule has 27 heavy (non-hydrogen) atoms. The summed E-state index contributed by atoms with van der Waals surface area (Å²) in [6.45, 7) is 3.69. The van der Waals surface area contributed by atoms with Crippen LogP contribution in [0.1, 0.15) is 21.7 Å². The van der Waals surface area contributed by atoms with Crippen molar-refractivity contribution in [3.8, 4) is 11.8 Å². The molecule has 0 saturated heterocycles. The van der Waals surface area contributed by atoms with Crippen molar-refractivity contribution >= 4 is 17.3 Å². The van der Waals surface area contributed by atoms with Crippen LogP contribution in [0.15, 0.2) is 54.6 Å². The van der Waals surface area contributed by atoms with Gasteiger partial charge >= 0.3 is 6.01 Å². The van der Waals surface area contributed by atoms with Gasteiger partial charge in [0.15, 0.2) is 0 Å². The molecule has 0 spiro atoms. The summed E-state index contributed by atoms with van der Waals surface area (Å²) in [5.41, 5.74) is 2.09. The fourth-order valence-corrected chi connectivity index (χ4v) is 2.45. The highest BCUT2D eigenvalue weighted by atomic mass is 16.6. The quantitative estimate of drug-likeness (QED) is 0.541. The molecule has 0 aliphatic heterocycles. The van der Waals surface area contributed by atoms with Gasteiger partial charge < -0.3 is 10.1 Å². The number of anilines is 1. The van der Waals surface area contributed by atoms with Gasteiger partial charge in [-0.2, -0.15) is 0 Å². The molecule has 0 aliphatic carbocycles. The summed E-state index contributed by atoms with van der Waals surface area (Å²) in [5.74, 6) is -0.00431. The van der Waals surface area contributed by atoms with Crippen LogP contribution in [0.5, 0.6) is 11.8 Å². The van der Waals surface area contributed by atoms with Gasteiger partial charge in [0.2, 0.25) is 0 Å². The summed E-state index contributed by atoms with van der Waals surface area (Å²) in [5, 5.41) is 13.5. The van der Waals surface area contributed by atoms with Gasteiger partial charge in [-0.1, -0.05) is 12.1 Å². The lowest BCUT2D eigenvalue weighted by atomic mass is 10.2. The Morgan fingerprint density at radius 1 is 1.04 bits per heavy atom. The molecule has 136 valence electrons. The second-order valence-electron chi connectivity index (χ2n) is 5.82. The Hall–Kier alpha value is -3.81. The predicted octanol–water partition coefficient (Wildman–Crippen LogP) is 4.05. The minimum atomic E-state index is -0.547. The summed E-state index contributed by atoms with van der Waals surface area (Å²) in [7, 11) is 0. The summed E-state index contributed by atoms with van der Waals surface area (Å²) in [6.07, 6.45) is 0. The highest BCUT2D eigenvalue weighted by molar-refractivity contribution is 6.04. The number of non-ortho nitro benzene ring substituents is 1. The predicted molar refractivity (Wildman–Crippen MR) is 99.1 cm³/mol. The summed E-state index contributed by atoms with van der Waals surface area (Å²) >= 11 is 0. The fraction of sp³-hybridized carbons (Fsp3) is 0.105. The van der Waals surface area contributed by atoms with Crippen LogP contribution in [0, 0.1) is 24.0 Å². The molecule has 0 saturated carbocycles. The lowest BCUT2D eigenvalue weighted by molar-refractivity contribution is -0.384. The van der Waals surface area contributed by atoms with Crippen molar-refractivity contribution in [1.29, 1.82) is 0 Å². The molecular weight excluding hydrogens is 348 g/mol. The number of nitrogens with one attached hydrogen (secondary N) is 1. The van der Waals surface area contributed by atoms with Gasteiger partial charge in [-0.25, -0.2) is 9.97 Å². The van der Waals surface area contributed by atoms with Crippen molar-refractivity contribution in [2.24, 2.45) is 0 Å². The van der Waals surface area contributed by atoms with E-state index in [-0.39, 0.29) is 17.3 Å². The number of hydrogen-bond donors (Lipinski definition) is 1. The van der Waals surface area contributed by atoms with E-state index in [9.17, 15) is 14.9 Å². The first-order chi connectivity index (χ1) is 12.9. The van der Waals surface area contributed by atoms with E-state index < -0.39 is 10.8 Å². The van der Waals surface area contributed by atoms with Crippen LogP contribution in [-0.2, 0) is 0 Å². The van der Waals surface area contributed by atoms with Gasteiger partial charge in [-0.3, -0.25) is 14.9 Å². The van der Waals surface area contributed by atoms with Crippen LogP contribution in [0.3, 0.4) is 0 Å². The van der Waals surface area contributed by atoms with Crippen LogP contribution < -0.4 is 10.1 Å². The number of aryl methyl sites for hydroxylation is 2. The first kappa shape index (κ1) is 18.0. The number of amides is 1. The molecule has 1 heterocycles. The van der Waals surface area contributed by atoms with Gasteiger partial charge in [-0.15, -0.1) is 0 Å². The molecule has 0 atom stereocenters. The Bertz CT molecular complexity index is 1000. The maximum absolute atomic E-state index is 12.3. The molecule has 0 fully saturated rings. The molecule has 2 aromatic carbocycles. The number of nitro benzene ring substituents is 1. The maximum atomic E-state index is 12.3. The van der Waals surface area contributed by atoms with Crippen molar-refractivity contribution in [3.05, 3.63) is 81.7 Å². The number of rotatable bonds is 5.